The molecule has 0 aliphatic heterocycles. The predicted octanol–water partition coefficient (Wildman–Crippen LogP) is 15.2. The Morgan fingerprint density at radius 2 is 0.772 bits per heavy atom. The molecule has 0 amide bonds. The number of carbonyl (C=O) groups excluding carboxylic acids is 2. The van der Waals surface area contributed by atoms with Crippen LogP contribution in [-0.4, -0.2) is 62.9 Å². The van der Waals surface area contributed by atoms with Crippen LogP contribution >= 0.6 is 0 Å². The minimum atomic E-state index is 0.00212. The predicted molar refractivity (Wildman–Crippen MR) is 246 cm³/mol. The zero-order valence-corrected chi connectivity index (χ0v) is 39.7. The van der Waals surface area contributed by atoms with E-state index in [1.807, 2.05) is 0 Å². The first-order valence-corrected chi connectivity index (χ1v) is 25.4. The second-order valence-corrected chi connectivity index (χ2v) is 18.2. The van der Waals surface area contributed by atoms with Crippen LogP contribution in [0, 0.1) is 17.8 Å². The fraction of sp³-hybridized carbons (Fsp3) is 0.961. The maximum absolute atomic E-state index is 12.4. The van der Waals surface area contributed by atoms with Gasteiger partial charge in [0.05, 0.1) is 13.2 Å². The molecule has 0 aromatic heterocycles. The molecular weight excluding hydrogens is 707 g/mol. The van der Waals surface area contributed by atoms with Gasteiger partial charge in [-0.15, -0.1) is 0 Å². The van der Waals surface area contributed by atoms with E-state index < -0.39 is 0 Å². The molecule has 0 aromatic carbocycles. The number of esters is 2. The van der Waals surface area contributed by atoms with Crippen LogP contribution in [0.25, 0.3) is 0 Å². The zero-order chi connectivity index (χ0) is 42.0. The molecule has 0 rings (SSSR count). The van der Waals surface area contributed by atoms with Gasteiger partial charge in [0.1, 0.15) is 0 Å². The maximum atomic E-state index is 12.4. The first kappa shape index (κ1) is 55.9. The number of nitrogens with zero attached hydrogens (tertiary/aromatic N) is 1. The van der Waals surface area contributed by atoms with Gasteiger partial charge in [-0.2, -0.15) is 0 Å². The van der Waals surface area contributed by atoms with Crippen molar-refractivity contribution in [2.75, 3.05) is 40.0 Å². The highest BCUT2D eigenvalue weighted by Gasteiger charge is 2.13. The Bertz CT molecular complexity index is 773. The summed E-state index contributed by atoms with van der Waals surface area (Å²) in [7, 11) is 2.20. The summed E-state index contributed by atoms with van der Waals surface area (Å²) in [6.45, 7) is 17.6. The van der Waals surface area contributed by atoms with Crippen LogP contribution < -0.4 is 0 Å². The summed E-state index contributed by atoms with van der Waals surface area (Å²) < 4.78 is 17.6. The fourth-order valence-electron chi connectivity index (χ4n) is 8.12. The van der Waals surface area contributed by atoms with Crippen LogP contribution in [0.15, 0.2) is 0 Å². The summed E-state index contributed by atoms with van der Waals surface area (Å²) in [6, 6.07) is 0.574. The Morgan fingerprint density at radius 1 is 0.421 bits per heavy atom. The molecule has 0 saturated carbocycles. The number of unbranched alkanes of at least 4 members (excludes halogenated alkanes) is 16. The van der Waals surface area contributed by atoms with Gasteiger partial charge in [-0.25, -0.2) is 0 Å². The molecule has 340 valence electrons. The van der Waals surface area contributed by atoms with E-state index in [0.29, 0.717) is 49.9 Å². The van der Waals surface area contributed by atoms with E-state index in [-0.39, 0.29) is 11.9 Å². The average molecular weight is 808 g/mol. The van der Waals surface area contributed by atoms with E-state index >= 15 is 0 Å². The third-order valence-electron chi connectivity index (χ3n) is 12.5. The molecular formula is C51H101NO5. The molecule has 0 spiro atoms. The molecule has 0 saturated heterocycles. The second-order valence-electron chi connectivity index (χ2n) is 18.2. The molecule has 0 aliphatic carbocycles. The van der Waals surface area contributed by atoms with Crippen molar-refractivity contribution in [2.24, 2.45) is 17.8 Å². The van der Waals surface area contributed by atoms with Gasteiger partial charge >= 0.3 is 11.9 Å². The summed E-state index contributed by atoms with van der Waals surface area (Å²) in [6.07, 6.45) is 39.0. The van der Waals surface area contributed by atoms with Crippen molar-refractivity contribution in [1.82, 2.24) is 4.90 Å². The SMILES string of the molecule is CCCCCC(CCCCC)CCOC(=O)CCCCCCCC(CCCCCCCC(=O)OCCC(CCCCC)CCCCC)COCCCN(C)C(C)C. The third kappa shape index (κ3) is 38.8. The lowest BCUT2D eigenvalue weighted by Gasteiger charge is -2.21. The normalized spacial score (nSPS) is 11.9. The molecule has 0 atom stereocenters. The minimum absolute atomic E-state index is 0.00212. The van der Waals surface area contributed by atoms with Crippen LogP contribution in [0.4, 0.5) is 0 Å². The molecule has 0 N–H and O–H groups in total. The number of ether oxygens (including phenoxy) is 3. The number of hydrogen-bond donors (Lipinski definition) is 0. The quantitative estimate of drug-likeness (QED) is 0.0451. The molecule has 57 heavy (non-hydrogen) atoms. The van der Waals surface area contributed by atoms with Crippen molar-refractivity contribution in [2.45, 2.75) is 259 Å². The summed E-state index contributed by atoms with van der Waals surface area (Å²) >= 11 is 0. The average Bonchev–Trinajstić information content (AvgIpc) is 3.19. The van der Waals surface area contributed by atoms with E-state index in [4.69, 9.17) is 14.2 Å². The minimum Gasteiger partial charge on any atom is -0.466 e. The Labute approximate surface area is 356 Å². The molecule has 0 radical (unpaired) electrons. The van der Waals surface area contributed by atoms with Crippen LogP contribution in [0.3, 0.4) is 0 Å². The Morgan fingerprint density at radius 3 is 1.16 bits per heavy atom. The molecule has 0 aromatic rings. The van der Waals surface area contributed by atoms with Crippen molar-refractivity contribution in [3.63, 3.8) is 0 Å². The lowest BCUT2D eigenvalue weighted by atomic mass is 9.92. The number of hydrogen-bond acceptors (Lipinski definition) is 6. The van der Waals surface area contributed by atoms with Crippen molar-refractivity contribution in [3.05, 3.63) is 0 Å². The van der Waals surface area contributed by atoms with Crippen molar-refractivity contribution in [3.8, 4) is 0 Å². The van der Waals surface area contributed by atoms with Crippen LogP contribution in [0.5, 0.6) is 0 Å². The lowest BCUT2D eigenvalue weighted by Crippen LogP contribution is -2.28. The van der Waals surface area contributed by atoms with Crippen LogP contribution in [0.1, 0.15) is 253 Å². The van der Waals surface area contributed by atoms with E-state index in [1.54, 1.807) is 0 Å². The van der Waals surface area contributed by atoms with Crippen molar-refractivity contribution < 1.29 is 23.8 Å². The van der Waals surface area contributed by atoms with E-state index in [1.165, 1.54) is 154 Å². The number of carbonyl (C=O) groups is 2. The van der Waals surface area contributed by atoms with Gasteiger partial charge < -0.3 is 19.1 Å². The highest BCUT2D eigenvalue weighted by Crippen LogP contribution is 2.23. The first-order chi connectivity index (χ1) is 27.8. The standard InChI is InChI=1S/C51H101NO5/c1-8-12-22-31-47(32-23-13-9-2)39-43-56-50(53)37-28-20-16-18-26-35-49(45-55-42-30-41-52(7)46(5)6)36-27-19-17-21-29-38-51(54)57-44-40-48(33-24-14-10-3)34-25-15-11-4/h46-49H,8-45H2,1-7H3. The molecule has 0 unspecified atom stereocenters. The Kier molecular flexibility index (Phi) is 42.1. The summed E-state index contributed by atoms with van der Waals surface area (Å²) in [4.78, 5) is 27.2. The van der Waals surface area contributed by atoms with Gasteiger partial charge in [0.2, 0.25) is 0 Å². The monoisotopic (exact) mass is 808 g/mol. The molecule has 0 heterocycles. The Balaban J connectivity index is 4.34. The van der Waals surface area contributed by atoms with Gasteiger partial charge in [0.25, 0.3) is 0 Å². The van der Waals surface area contributed by atoms with Crippen molar-refractivity contribution >= 4 is 11.9 Å². The van der Waals surface area contributed by atoms with Crippen molar-refractivity contribution in [1.29, 1.82) is 0 Å². The molecule has 0 aliphatic rings. The maximum Gasteiger partial charge on any atom is 0.305 e. The van der Waals surface area contributed by atoms with Gasteiger partial charge in [0, 0.05) is 38.6 Å². The molecule has 0 bridgehead atoms. The smallest absolute Gasteiger partial charge is 0.305 e. The van der Waals surface area contributed by atoms with Crippen LogP contribution in [-0.2, 0) is 23.8 Å². The Hall–Kier alpha value is -1.14. The topological polar surface area (TPSA) is 65.1 Å². The summed E-state index contributed by atoms with van der Waals surface area (Å²) in [5, 5.41) is 0. The molecule has 0 fully saturated rings. The van der Waals surface area contributed by atoms with E-state index in [9.17, 15) is 9.59 Å². The molecule has 6 nitrogen and oxygen atoms in total. The highest BCUT2D eigenvalue weighted by molar-refractivity contribution is 5.69. The second kappa shape index (κ2) is 43.0. The summed E-state index contributed by atoms with van der Waals surface area (Å²) in [5.74, 6) is 2.06. The van der Waals surface area contributed by atoms with Crippen LogP contribution in [0.2, 0.25) is 0 Å². The fourth-order valence-corrected chi connectivity index (χ4v) is 8.12. The third-order valence-corrected chi connectivity index (χ3v) is 12.5. The van der Waals surface area contributed by atoms with E-state index in [2.05, 4.69) is 53.5 Å². The van der Waals surface area contributed by atoms with Gasteiger partial charge in [0.15, 0.2) is 0 Å². The van der Waals surface area contributed by atoms with Gasteiger partial charge in [-0.05, 0) is 83.6 Å². The zero-order valence-electron chi connectivity index (χ0n) is 39.7. The largest absolute Gasteiger partial charge is 0.466 e. The molecule has 6 heteroatoms. The lowest BCUT2D eigenvalue weighted by molar-refractivity contribution is -0.145. The highest BCUT2D eigenvalue weighted by atomic mass is 16.5. The number of rotatable bonds is 45. The first-order valence-electron chi connectivity index (χ1n) is 25.4. The van der Waals surface area contributed by atoms with E-state index in [0.717, 1.165) is 64.7 Å². The summed E-state index contributed by atoms with van der Waals surface area (Å²) in [5.41, 5.74) is 0. The van der Waals surface area contributed by atoms with Gasteiger partial charge in [-0.3, -0.25) is 9.59 Å². The van der Waals surface area contributed by atoms with Gasteiger partial charge in [-0.1, -0.05) is 182 Å².